The predicted molar refractivity (Wildman–Crippen MR) is 114 cm³/mol. The summed E-state index contributed by atoms with van der Waals surface area (Å²) in [6.07, 6.45) is 3.68. The van der Waals surface area contributed by atoms with Gasteiger partial charge >= 0.3 is 6.09 Å². The van der Waals surface area contributed by atoms with Gasteiger partial charge in [-0.05, 0) is 49.8 Å². The maximum atomic E-state index is 12.5. The van der Waals surface area contributed by atoms with Gasteiger partial charge in [-0.3, -0.25) is 4.68 Å². The molecule has 9 heteroatoms. The molecule has 0 bridgehead atoms. The highest BCUT2D eigenvalue weighted by atomic mass is 127. The van der Waals surface area contributed by atoms with Crippen molar-refractivity contribution in [2.75, 3.05) is 25.9 Å². The van der Waals surface area contributed by atoms with Crippen LogP contribution in [0.15, 0.2) is 18.9 Å². The summed E-state index contributed by atoms with van der Waals surface area (Å²) >= 11 is 2.12. The third-order valence-electron chi connectivity index (χ3n) is 3.78. The van der Waals surface area contributed by atoms with Crippen molar-refractivity contribution in [3.05, 3.63) is 22.6 Å². The van der Waals surface area contributed by atoms with E-state index in [4.69, 9.17) is 15.2 Å². The quantitative estimate of drug-likeness (QED) is 0.475. The van der Waals surface area contributed by atoms with Crippen molar-refractivity contribution in [3.8, 4) is 5.75 Å². The molecular weight excluding hydrogens is 461 g/mol. The summed E-state index contributed by atoms with van der Waals surface area (Å²) in [5.41, 5.74) is 6.22. The summed E-state index contributed by atoms with van der Waals surface area (Å²) in [7, 11) is 1.58. The molecule has 2 N–H and O–H groups in total. The van der Waals surface area contributed by atoms with Crippen LogP contribution in [-0.2, 0) is 11.3 Å². The zero-order chi connectivity index (χ0) is 20.2. The first kappa shape index (κ1) is 21.3. The predicted octanol–water partition coefficient (Wildman–Crippen LogP) is 3.44. The van der Waals surface area contributed by atoms with Crippen molar-refractivity contribution in [2.45, 2.75) is 39.3 Å². The first-order valence-corrected chi connectivity index (χ1v) is 9.69. The lowest BCUT2D eigenvalue weighted by Gasteiger charge is -2.27. The van der Waals surface area contributed by atoms with Crippen LogP contribution in [0, 0.1) is 3.70 Å². The number of rotatable bonds is 7. The Kier molecular flexibility index (Phi) is 6.90. The summed E-state index contributed by atoms with van der Waals surface area (Å²) < 4.78 is 13.5. The second-order valence-corrected chi connectivity index (χ2v) is 8.02. The SMILES string of the molecule is C=CCCN(CCn1nc(I)c2c(N)ncc(OC)c21)C(=O)OC(C)(C)C. The molecule has 2 aromatic heterocycles. The number of hydrogen-bond acceptors (Lipinski definition) is 6. The summed E-state index contributed by atoms with van der Waals surface area (Å²) in [4.78, 5) is 18.3. The molecule has 0 saturated heterocycles. The Morgan fingerprint density at radius 2 is 2.15 bits per heavy atom. The van der Waals surface area contributed by atoms with Gasteiger partial charge in [0.05, 0.1) is 25.2 Å². The Bertz CT molecular complexity index is 828. The normalized spacial score (nSPS) is 11.4. The minimum absolute atomic E-state index is 0.358. The van der Waals surface area contributed by atoms with Crippen LogP contribution in [0.5, 0.6) is 5.75 Å². The van der Waals surface area contributed by atoms with Crippen molar-refractivity contribution in [1.82, 2.24) is 19.7 Å². The molecule has 148 valence electrons. The molecule has 0 radical (unpaired) electrons. The molecule has 0 spiro atoms. The number of nitrogens with two attached hydrogens (primary N) is 1. The fourth-order valence-corrected chi connectivity index (χ4v) is 3.35. The molecule has 27 heavy (non-hydrogen) atoms. The number of amides is 1. The minimum Gasteiger partial charge on any atom is -0.493 e. The van der Waals surface area contributed by atoms with Crippen molar-refractivity contribution < 1.29 is 14.3 Å². The molecule has 2 rings (SSSR count). The summed E-state index contributed by atoms with van der Waals surface area (Å²) in [6.45, 7) is 10.7. The zero-order valence-corrected chi connectivity index (χ0v) is 18.3. The number of aromatic nitrogens is 3. The van der Waals surface area contributed by atoms with Crippen LogP contribution in [-0.4, -0.2) is 51.6 Å². The molecule has 0 aromatic carbocycles. The number of pyridine rings is 1. The number of hydrogen-bond donors (Lipinski definition) is 1. The van der Waals surface area contributed by atoms with Gasteiger partial charge in [-0.15, -0.1) is 6.58 Å². The van der Waals surface area contributed by atoms with Crippen LogP contribution in [0.3, 0.4) is 0 Å². The van der Waals surface area contributed by atoms with E-state index in [0.717, 1.165) is 14.6 Å². The van der Waals surface area contributed by atoms with Gasteiger partial charge in [0.25, 0.3) is 0 Å². The van der Waals surface area contributed by atoms with Crippen LogP contribution in [0.25, 0.3) is 10.9 Å². The highest BCUT2D eigenvalue weighted by Crippen LogP contribution is 2.31. The minimum atomic E-state index is -0.555. The summed E-state index contributed by atoms with van der Waals surface area (Å²) in [6, 6.07) is 0. The van der Waals surface area contributed by atoms with Crippen molar-refractivity contribution >= 4 is 45.4 Å². The van der Waals surface area contributed by atoms with Crippen LogP contribution in [0.1, 0.15) is 27.2 Å². The Balaban J connectivity index is 2.27. The smallest absolute Gasteiger partial charge is 0.410 e. The highest BCUT2D eigenvalue weighted by molar-refractivity contribution is 14.1. The van der Waals surface area contributed by atoms with Gasteiger partial charge in [-0.1, -0.05) is 6.08 Å². The van der Waals surface area contributed by atoms with Gasteiger partial charge in [0.1, 0.15) is 20.6 Å². The highest BCUT2D eigenvalue weighted by Gasteiger charge is 2.23. The van der Waals surface area contributed by atoms with E-state index < -0.39 is 5.60 Å². The second-order valence-electron chi connectivity index (χ2n) is 6.99. The Hall–Kier alpha value is -2.04. The number of carbonyl (C=O) groups excluding carboxylic acids is 1. The molecule has 1 amide bonds. The molecule has 0 saturated carbocycles. The van der Waals surface area contributed by atoms with E-state index in [1.54, 1.807) is 29.0 Å². The monoisotopic (exact) mass is 487 g/mol. The molecule has 0 atom stereocenters. The lowest BCUT2D eigenvalue weighted by Crippen LogP contribution is -2.39. The van der Waals surface area contributed by atoms with Gasteiger partial charge in [-0.25, -0.2) is 9.78 Å². The number of carbonyl (C=O) groups is 1. The Labute approximate surface area is 172 Å². The average molecular weight is 487 g/mol. The van der Waals surface area contributed by atoms with Crippen LogP contribution < -0.4 is 10.5 Å². The number of nitrogens with zero attached hydrogens (tertiary/aromatic N) is 4. The molecule has 0 aliphatic rings. The van der Waals surface area contributed by atoms with Crippen molar-refractivity contribution in [1.29, 1.82) is 0 Å². The number of halogens is 1. The van der Waals surface area contributed by atoms with E-state index in [2.05, 4.69) is 39.3 Å². The topological polar surface area (TPSA) is 95.5 Å². The van der Waals surface area contributed by atoms with Gasteiger partial charge in [0.2, 0.25) is 0 Å². The molecule has 0 unspecified atom stereocenters. The van der Waals surface area contributed by atoms with E-state index >= 15 is 0 Å². The average Bonchev–Trinajstić information content (AvgIpc) is 2.91. The lowest BCUT2D eigenvalue weighted by molar-refractivity contribution is 0.0246. The molecule has 2 heterocycles. The molecule has 0 aliphatic heterocycles. The van der Waals surface area contributed by atoms with E-state index in [9.17, 15) is 4.79 Å². The fraction of sp³-hybridized carbons (Fsp3) is 0.500. The third kappa shape index (κ3) is 5.24. The number of fused-ring (bicyclic) bond motifs is 1. The van der Waals surface area contributed by atoms with Crippen molar-refractivity contribution in [3.63, 3.8) is 0 Å². The maximum Gasteiger partial charge on any atom is 0.410 e. The van der Waals surface area contributed by atoms with Crippen LogP contribution in [0.2, 0.25) is 0 Å². The number of methoxy groups -OCH3 is 1. The molecular formula is C18H26IN5O3. The standard InChI is InChI=1S/C18H26IN5O3/c1-6-7-8-23(17(25)27-18(2,3)4)9-10-24-14-12(26-5)11-21-16(20)13(14)15(19)22-24/h6,11H,1,7-10H2,2-5H3,(H2,20,21). The van der Waals surface area contributed by atoms with E-state index in [-0.39, 0.29) is 6.09 Å². The summed E-state index contributed by atoms with van der Waals surface area (Å²) in [5, 5.41) is 5.30. The maximum absolute atomic E-state index is 12.5. The van der Waals surface area contributed by atoms with Gasteiger partial charge in [-0.2, -0.15) is 5.10 Å². The molecule has 0 aliphatic carbocycles. The Morgan fingerprint density at radius 3 is 2.74 bits per heavy atom. The Morgan fingerprint density at radius 1 is 1.44 bits per heavy atom. The molecule has 0 fully saturated rings. The zero-order valence-electron chi connectivity index (χ0n) is 16.2. The third-order valence-corrected chi connectivity index (χ3v) is 4.53. The number of nitrogen functional groups attached to an aromatic ring is 1. The first-order chi connectivity index (χ1) is 12.7. The number of anilines is 1. The van der Waals surface area contributed by atoms with Gasteiger partial charge in [0.15, 0.2) is 5.75 Å². The summed E-state index contributed by atoms with van der Waals surface area (Å²) in [5.74, 6) is 0.988. The van der Waals surface area contributed by atoms with Gasteiger partial charge < -0.3 is 20.1 Å². The largest absolute Gasteiger partial charge is 0.493 e. The lowest BCUT2D eigenvalue weighted by atomic mass is 10.2. The van der Waals surface area contributed by atoms with Crippen LogP contribution >= 0.6 is 22.6 Å². The molecule has 8 nitrogen and oxygen atoms in total. The van der Waals surface area contributed by atoms with E-state index in [0.29, 0.717) is 37.6 Å². The van der Waals surface area contributed by atoms with E-state index in [1.807, 2.05) is 20.8 Å². The molecule has 2 aromatic rings. The number of ether oxygens (including phenoxy) is 2. The fourth-order valence-electron chi connectivity index (χ4n) is 2.56. The van der Waals surface area contributed by atoms with Crippen LogP contribution in [0.4, 0.5) is 10.6 Å². The van der Waals surface area contributed by atoms with Gasteiger partial charge in [0, 0.05) is 13.1 Å². The van der Waals surface area contributed by atoms with Crippen molar-refractivity contribution in [2.24, 2.45) is 0 Å². The second kappa shape index (κ2) is 8.77. The van der Waals surface area contributed by atoms with E-state index in [1.165, 1.54) is 0 Å². The first-order valence-electron chi connectivity index (χ1n) is 8.61.